The summed E-state index contributed by atoms with van der Waals surface area (Å²) in [5, 5.41) is 15.9. The molecule has 2 N–H and O–H groups in total. The third kappa shape index (κ3) is 5.78. The van der Waals surface area contributed by atoms with Gasteiger partial charge in [0.25, 0.3) is 5.91 Å². The topological polar surface area (TPSA) is 111 Å². The van der Waals surface area contributed by atoms with Crippen LogP contribution in [0.25, 0.3) is 10.9 Å². The monoisotopic (exact) mass is 450 g/mol. The van der Waals surface area contributed by atoms with Gasteiger partial charge in [0.05, 0.1) is 30.3 Å². The molecule has 0 unspecified atom stereocenters. The van der Waals surface area contributed by atoms with Gasteiger partial charge in [0.1, 0.15) is 11.8 Å². The fourth-order valence-electron chi connectivity index (χ4n) is 4.38. The molecule has 0 spiro atoms. The van der Waals surface area contributed by atoms with Gasteiger partial charge in [-0.1, -0.05) is 0 Å². The molecular formula is C24H30N6O3. The van der Waals surface area contributed by atoms with Crippen molar-refractivity contribution in [3.8, 4) is 11.8 Å². The molecule has 1 atom stereocenters. The number of carbonyl (C=O) groups excluding carboxylic acids is 2. The quantitative estimate of drug-likeness (QED) is 0.581. The average Bonchev–Trinajstić information content (AvgIpc) is 3.34. The number of ether oxygens (including phenoxy) is 1. The van der Waals surface area contributed by atoms with Crippen molar-refractivity contribution in [2.75, 3.05) is 52.4 Å². The van der Waals surface area contributed by atoms with Gasteiger partial charge in [0.2, 0.25) is 5.91 Å². The number of carbonyl (C=O) groups is 2. The summed E-state index contributed by atoms with van der Waals surface area (Å²) in [5.41, 5.74) is 1.13. The second-order valence-electron chi connectivity index (χ2n) is 8.39. The summed E-state index contributed by atoms with van der Waals surface area (Å²) in [7, 11) is 0. The molecule has 2 fully saturated rings. The molecule has 0 aliphatic carbocycles. The number of benzene rings is 1. The predicted molar refractivity (Wildman–Crippen MR) is 124 cm³/mol. The van der Waals surface area contributed by atoms with Crippen molar-refractivity contribution in [1.82, 2.24) is 25.4 Å². The molecule has 1 aromatic carbocycles. The molecule has 2 amide bonds. The Bertz CT molecular complexity index is 1030. The van der Waals surface area contributed by atoms with E-state index in [4.69, 9.17) is 4.74 Å². The van der Waals surface area contributed by atoms with E-state index in [-0.39, 0.29) is 18.4 Å². The van der Waals surface area contributed by atoms with Crippen molar-refractivity contribution in [3.05, 3.63) is 36.0 Å². The Morgan fingerprint density at radius 1 is 1.24 bits per heavy atom. The van der Waals surface area contributed by atoms with Gasteiger partial charge in [-0.25, -0.2) is 0 Å². The van der Waals surface area contributed by atoms with Crippen LogP contribution >= 0.6 is 0 Å². The Balaban J connectivity index is 1.35. The number of nitrogens with zero attached hydrogens (tertiary/aromatic N) is 4. The van der Waals surface area contributed by atoms with Gasteiger partial charge in [0.15, 0.2) is 0 Å². The molecule has 2 saturated heterocycles. The minimum atomic E-state index is -0.401. The molecule has 174 valence electrons. The molecule has 0 saturated carbocycles. The maximum Gasteiger partial charge on any atom is 0.252 e. The van der Waals surface area contributed by atoms with E-state index in [0.29, 0.717) is 41.8 Å². The summed E-state index contributed by atoms with van der Waals surface area (Å²) in [5.74, 6) is 0.105. The normalized spacial score (nSPS) is 18.8. The number of fused-ring (bicyclic) bond motifs is 1. The lowest BCUT2D eigenvalue weighted by molar-refractivity contribution is -0.130. The second-order valence-corrected chi connectivity index (χ2v) is 8.39. The van der Waals surface area contributed by atoms with Crippen molar-refractivity contribution < 1.29 is 14.3 Å². The highest BCUT2D eigenvalue weighted by molar-refractivity contribution is 6.07. The number of pyridine rings is 1. The summed E-state index contributed by atoms with van der Waals surface area (Å²) in [4.78, 5) is 33.6. The highest BCUT2D eigenvalue weighted by Gasteiger charge is 2.28. The molecule has 3 heterocycles. The number of aromatic nitrogens is 1. The molecule has 1 aromatic heterocycles. The smallest absolute Gasteiger partial charge is 0.252 e. The van der Waals surface area contributed by atoms with Crippen LogP contribution in [0.4, 0.5) is 0 Å². The Hall–Kier alpha value is -3.22. The maximum absolute atomic E-state index is 12.8. The molecule has 33 heavy (non-hydrogen) atoms. The zero-order valence-electron chi connectivity index (χ0n) is 18.8. The number of amides is 2. The molecule has 2 aliphatic rings. The first-order valence-electron chi connectivity index (χ1n) is 11.6. The largest absolute Gasteiger partial charge is 0.494 e. The maximum atomic E-state index is 12.8. The molecule has 0 bridgehead atoms. The van der Waals surface area contributed by atoms with Crippen LogP contribution in [-0.2, 0) is 4.79 Å². The zero-order chi connectivity index (χ0) is 23.0. The Morgan fingerprint density at radius 3 is 2.91 bits per heavy atom. The number of likely N-dealkylation sites (tertiary alicyclic amines) is 1. The van der Waals surface area contributed by atoms with E-state index in [1.165, 1.54) is 4.90 Å². The van der Waals surface area contributed by atoms with Crippen LogP contribution in [0.2, 0.25) is 0 Å². The van der Waals surface area contributed by atoms with Gasteiger partial charge in [-0.2, -0.15) is 5.26 Å². The molecule has 0 radical (unpaired) electrons. The lowest BCUT2D eigenvalue weighted by Crippen LogP contribution is -2.43. The van der Waals surface area contributed by atoms with Crippen LogP contribution < -0.4 is 15.4 Å². The highest BCUT2D eigenvalue weighted by Crippen LogP contribution is 2.23. The van der Waals surface area contributed by atoms with E-state index in [1.54, 1.807) is 12.3 Å². The molecule has 9 heteroatoms. The van der Waals surface area contributed by atoms with Crippen LogP contribution in [0, 0.1) is 11.3 Å². The van der Waals surface area contributed by atoms with E-state index in [2.05, 4.69) is 26.6 Å². The van der Waals surface area contributed by atoms with E-state index in [9.17, 15) is 14.9 Å². The van der Waals surface area contributed by atoms with Gasteiger partial charge < -0.3 is 25.2 Å². The fourth-order valence-corrected chi connectivity index (χ4v) is 4.38. The first kappa shape index (κ1) is 23.0. The summed E-state index contributed by atoms with van der Waals surface area (Å²) in [6.07, 6.45) is 4.01. The lowest BCUT2D eigenvalue weighted by atomic mass is 10.1. The number of nitrogens with one attached hydrogen (secondary N) is 2. The standard InChI is InChI=1S/C24H30N6O3/c25-16-18-3-1-11-30(18)23(31)17-28-24(32)20-6-7-27-22-5-4-19(15-21(20)22)33-14-2-10-29-12-8-26-9-13-29/h4-7,15,18,26H,1-3,8-14,17H2,(H,28,32)/t18-/m0/s1. The number of hydrogen-bond acceptors (Lipinski definition) is 7. The minimum Gasteiger partial charge on any atom is -0.494 e. The number of hydrogen-bond donors (Lipinski definition) is 2. The predicted octanol–water partition coefficient (Wildman–Crippen LogP) is 1.15. The summed E-state index contributed by atoms with van der Waals surface area (Å²) < 4.78 is 5.94. The molecular weight excluding hydrogens is 420 g/mol. The zero-order valence-corrected chi connectivity index (χ0v) is 18.8. The first-order chi connectivity index (χ1) is 16.2. The minimum absolute atomic E-state index is 0.136. The number of piperazine rings is 1. The summed E-state index contributed by atoms with van der Waals surface area (Å²) >= 11 is 0. The van der Waals surface area contributed by atoms with Gasteiger partial charge in [0, 0.05) is 50.9 Å². The van der Waals surface area contributed by atoms with Gasteiger partial charge in [-0.15, -0.1) is 0 Å². The first-order valence-corrected chi connectivity index (χ1v) is 11.6. The number of rotatable bonds is 8. The van der Waals surface area contributed by atoms with Gasteiger partial charge in [-0.05, 0) is 43.5 Å². The van der Waals surface area contributed by atoms with E-state index >= 15 is 0 Å². The second kappa shape index (κ2) is 11.1. The highest BCUT2D eigenvalue weighted by atomic mass is 16.5. The van der Waals surface area contributed by atoms with Gasteiger partial charge >= 0.3 is 0 Å². The van der Waals surface area contributed by atoms with Crippen molar-refractivity contribution in [1.29, 1.82) is 5.26 Å². The molecule has 2 aromatic rings. The fraction of sp³-hybridized carbons (Fsp3) is 0.500. The van der Waals surface area contributed by atoms with Crippen LogP contribution in [0.15, 0.2) is 30.5 Å². The summed E-state index contributed by atoms with van der Waals surface area (Å²) in [6.45, 7) is 6.22. The lowest BCUT2D eigenvalue weighted by Gasteiger charge is -2.26. The molecule has 9 nitrogen and oxygen atoms in total. The number of nitriles is 1. The van der Waals surface area contributed by atoms with Gasteiger partial charge in [-0.3, -0.25) is 14.6 Å². The van der Waals surface area contributed by atoms with E-state index in [1.807, 2.05) is 18.2 Å². The van der Waals surface area contributed by atoms with Crippen LogP contribution in [0.3, 0.4) is 0 Å². The van der Waals surface area contributed by atoms with E-state index in [0.717, 1.165) is 45.6 Å². The third-order valence-corrected chi connectivity index (χ3v) is 6.18. The third-order valence-electron chi connectivity index (χ3n) is 6.18. The van der Waals surface area contributed by atoms with Crippen LogP contribution in [-0.4, -0.2) is 85.1 Å². The molecule has 4 rings (SSSR count). The Labute approximate surface area is 193 Å². The van der Waals surface area contributed by atoms with Crippen molar-refractivity contribution >= 4 is 22.7 Å². The van der Waals surface area contributed by atoms with Crippen molar-refractivity contribution in [3.63, 3.8) is 0 Å². The van der Waals surface area contributed by atoms with Crippen molar-refractivity contribution in [2.24, 2.45) is 0 Å². The SMILES string of the molecule is N#C[C@@H]1CCCN1C(=O)CNC(=O)c1ccnc2ccc(OCCCN3CCNCC3)cc12. The average molecular weight is 451 g/mol. The van der Waals surface area contributed by atoms with Crippen LogP contribution in [0.1, 0.15) is 29.6 Å². The summed E-state index contributed by atoms with van der Waals surface area (Å²) in [6, 6.07) is 8.92. The molecule has 2 aliphatic heterocycles. The van der Waals surface area contributed by atoms with Crippen molar-refractivity contribution in [2.45, 2.75) is 25.3 Å². The Kier molecular flexibility index (Phi) is 7.70. The Morgan fingerprint density at radius 2 is 2.09 bits per heavy atom. The van der Waals surface area contributed by atoms with Crippen LogP contribution in [0.5, 0.6) is 5.75 Å². The van der Waals surface area contributed by atoms with E-state index < -0.39 is 6.04 Å².